The average molecular weight is 197 g/mol. The lowest BCUT2D eigenvalue weighted by Crippen LogP contribution is -2.35. The van der Waals surface area contributed by atoms with Gasteiger partial charge in [-0.3, -0.25) is 4.90 Å². The minimum absolute atomic E-state index is 0.393. The molecule has 0 aromatic rings. The zero-order valence-electron chi connectivity index (χ0n) is 9.66. The van der Waals surface area contributed by atoms with Crippen molar-refractivity contribution in [1.82, 2.24) is 4.90 Å². The van der Waals surface area contributed by atoms with Gasteiger partial charge in [-0.1, -0.05) is 13.8 Å². The number of β-amino-alcohol motifs (C(OH)–C–C–N with tert-alkyl or cyclic N) is 1. The van der Waals surface area contributed by atoms with Crippen LogP contribution in [0, 0.1) is 5.92 Å². The third-order valence-electron chi connectivity index (χ3n) is 3.52. The van der Waals surface area contributed by atoms with Crippen LogP contribution in [-0.2, 0) is 0 Å². The first-order valence-electron chi connectivity index (χ1n) is 5.98. The van der Waals surface area contributed by atoms with Gasteiger partial charge in [0.05, 0.1) is 5.60 Å². The summed E-state index contributed by atoms with van der Waals surface area (Å²) in [5.41, 5.74) is -0.393. The van der Waals surface area contributed by atoms with Gasteiger partial charge in [-0.25, -0.2) is 0 Å². The minimum atomic E-state index is -0.393. The maximum absolute atomic E-state index is 10.4. The van der Waals surface area contributed by atoms with Crippen molar-refractivity contribution >= 4 is 0 Å². The van der Waals surface area contributed by atoms with Crippen LogP contribution in [0.15, 0.2) is 0 Å². The molecule has 0 aromatic heterocycles. The van der Waals surface area contributed by atoms with E-state index in [0.29, 0.717) is 12.0 Å². The van der Waals surface area contributed by atoms with E-state index in [4.69, 9.17) is 0 Å². The lowest BCUT2D eigenvalue weighted by atomic mass is 9.90. The number of hydrogen-bond donors (Lipinski definition) is 1. The molecule has 2 aliphatic rings. The van der Waals surface area contributed by atoms with Gasteiger partial charge in [-0.2, -0.15) is 0 Å². The molecular formula is C12H23NO. The van der Waals surface area contributed by atoms with E-state index in [-0.39, 0.29) is 0 Å². The van der Waals surface area contributed by atoms with Crippen LogP contribution in [0.25, 0.3) is 0 Å². The second-order valence-corrected chi connectivity index (χ2v) is 5.78. The number of likely N-dealkylation sites (tertiary alicyclic amines) is 1. The molecular weight excluding hydrogens is 174 g/mol. The van der Waals surface area contributed by atoms with E-state index in [1.807, 2.05) is 0 Å². The predicted octanol–water partition coefficient (Wildman–Crippen LogP) is 2.02. The summed E-state index contributed by atoms with van der Waals surface area (Å²) < 4.78 is 0. The first-order valence-corrected chi connectivity index (χ1v) is 5.98. The highest BCUT2D eigenvalue weighted by Crippen LogP contribution is 2.39. The van der Waals surface area contributed by atoms with Crippen molar-refractivity contribution in [2.24, 2.45) is 5.92 Å². The van der Waals surface area contributed by atoms with Crippen molar-refractivity contribution in [1.29, 1.82) is 0 Å². The summed E-state index contributed by atoms with van der Waals surface area (Å²) in [6, 6.07) is 1.39. The molecule has 2 atom stereocenters. The van der Waals surface area contributed by atoms with Gasteiger partial charge in [-0.15, -0.1) is 0 Å². The van der Waals surface area contributed by atoms with Crippen LogP contribution in [0.3, 0.4) is 0 Å². The van der Waals surface area contributed by atoms with Crippen molar-refractivity contribution < 1.29 is 5.11 Å². The van der Waals surface area contributed by atoms with E-state index in [2.05, 4.69) is 25.7 Å². The monoisotopic (exact) mass is 197 g/mol. The maximum Gasteiger partial charge on any atom is 0.0791 e. The van der Waals surface area contributed by atoms with Gasteiger partial charge in [0.25, 0.3) is 0 Å². The normalized spacial score (nSPS) is 39.6. The van der Waals surface area contributed by atoms with E-state index < -0.39 is 5.60 Å². The van der Waals surface area contributed by atoms with Gasteiger partial charge in [0.15, 0.2) is 0 Å². The second kappa shape index (κ2) is 3.49. The Bertz CT molecular complexity index is 212. The third-order valence-corrected chi connectivity index (χ3v) is 3.52. The Kier molecular flexibility index (Phi) is 2.61. The van der Waals surface area contributed by atoms with Crippen LogP contribution < -0.4 is 0 Å². The van der Waals surface area contributed by atoms with Gasteiger partial charge in [0.1, 0.15) is 0 Å². The molecule has 1 heterocycles. The molecule has 14 heavy (non-hydrogen) atoms. The Hall–Kier alpha value is -0.0800. The van der Waals surface area contributed by atoms with Gasteiger partial charge in [-0.05, 0) is 38.5 Å². The molecule has 2 fully saturated rings. The lowest BCUT2D eigenvalue weighted by Gasteiger charge is -2.25. The fraction of sp³-hybridized carbons (Fsp3) is 1.00. The maximum atomic E-state index is 10.4. The Morgan fingerprint density at radius 1 is 1.43 bits per heavy atom. The standard InChI is InChI=1S/C12H23NO/c1-9(2)6-12(14)7-10(3)13(8-12)11-4-5-11/h9-11,14H,4-8H2,1-3H3. The summed E-state index contributed by atoms with van der Waals surface area (Å²) in [7, 11) is 0. The van der Waals surface area contributed by atoms with Crippen LogP contribution in [0.5, 0.6) is 0 Å². The first kappa shape index (κ1) is 10.4. The van der Waals surface area contributed by atoms with Crippen LogP contribution in [0.4, 0.5) is 0 Å². The average Bonchev–Trinajstić information content (AvgIpc) is 2.77. The van der Waals surface area contributed by atoms with Crippen LogP contribution in [-0.4, -0.2) is 34.2 Å². The largest absolute Gasteiger partial charge is 0.388 e. The lowest BCUT2D eigenvalue weighted by molar-refractivity contribution is 0.0280. The fourth-order valence-corrected chi connectivity index (χ4v) is 3.03. The van der Waals surface area contributed by atoms with Crippen molar-refractivity contribution in [2.45, 2.75) is 64.1 Å². The molecule has 1 saturated carbocycles. The van der Waals surface area contributed by atoms with Crippen molar-refractivity contribution in [2.75, 3.05) is 6.54 Å². The molecule has 0 spiro atoms. The smallest absolute Gasteiger partial charge is 0.0791 e. The van der Waals surface area contributed by atoms with Gasteiger partial charge in [0.2, 0.25) is 0 Å². The third kappa shape index (κ3) is 2.12. The molecule has 1 N–H and O–H groups in total. The van der Waals surface area contributed by atoms with Crippen molar-refractivity contribution in [3.63, 3.8) is 0 Å². The molecule has 1 saturated heterocycles. The predicted molar refractivity (Wildman–Crippen MR) is 58.2 cm³/mol. The first-order chi connectivity index (χ1) is 6.50. The van der Waals surface area contributed by atoms with Crippen LogP contribution >= 0.6 is 0 Å². The molecule has 0 amide bonds. The highest BCUT2D eigenvalue weighted by atomic mass is 16.3. The van der Waals surface area contributed by atoms with Gasteiger partial charge < -0.3 is 5.11 Å². The number of nitrogens with zero attached hydrogens (tertiary/aromatic N) is 1. The zero-order chi connectivity index (χ0) is 10.3. The second-order valence-electron chi connectivity index (χ2n) is 5.78. The number of rotatable bonds is 3. The van der Waals surface area contributed by atoms with Crippen LogP contribution in [0.1, 0.15) is 46.5 Å². The molecule has 0 aromatic carbocycles. The summed E-state index contributed by atoms with van der Waals surface area (Å²) in [5.74, 6) is 0.603. The Morgan fingerprint density at radius 3 is 2.57 bits per heavy atom. The number of aliphatic hydroxyl groups is 1. The summed E-state index contributed by atoms with van der Waals surface area (Å²) in [6.45, 7) is 7.57. The molecule has 1 aliphatic heterocycles. The van der Waals surface area contributed by atoms with E-state index >= 15 is 0 Å². The minimum Gasteiger partial charge on any atom is -0.388 e. The van der Waals surface area contributed by atoms with Crippen molar-refractivity contribution in [3.05, 3.63) is 0 Å². The van der Waals surface area contributed by atoms with Crippen LogP contribution in [0.2, 0.25) is 0 Å². The topological polar surface area (TPSA) is 23.5 Å². The molecule has 82 valence electrons. The van der Waals surface area contributed by atoms with E-state index in [1.165, 1.54) is 12.8 Å². The quantitative estimate of drug-likeness (QED) is 0.748. The summed E-state index contributed by atoms with van der Waals surface area (Å²) in [4.78, 5) is 2.52. The Balaban J connectivity index is 1.96. The van der Waals surface area contributed by atoms with E-state index in [0.717, 1.165) is 25.4 Å². The van der Waals surface area contributed by atoms with Gasteiger partial charge >= 0.3 is 0 Å². The summed E-state index contributed by atoms with van der Waals surface area (Å²) in [5, 5.41) is 10.4. The SMILES string of the molecule is CC(C)CC1(O)CC(C)N(C2CC2)C1. The Morgan fingerprint density at radius 2 is 2.07 bits per heavy atom. The summed E-state index contributed by atoms with van der Waals surface area (Å²) in [6.07, 6.45) is 4.63. The highest BCUT2D eigenvalue weighted by Gasteiger charge is 2.45. The van der Waals surface area contributed by atoms with Gasteiger partial charge in [0, 0.05) is 18.6 Å². The summed E-state index contributed by atoms with van der Waals surface area (Å²) >= 11 is 0. The fourth-order valence-electron chi connectivity index (χ4n) is 3.03. The molecule has 2 unspecified atom stereocenters. The van der Waals surface area contributed by atoms with Crippen molar-refractivity contribution in [3.8, 4) is 0 Å². The molecule has 0 bridgehead atoms. The molecule has 2 nitrogen and oxygen atoms in total. The molecule has 2 rings (SSSR count). The molecule has 2 heteroatoms. The molecule has 1 aliphatic carbocycles. The van der Waals surface area contributed by atoms with E-state index in [1.54, 1.807) is 0 Å². The highest BCUT2D eigenvalue weighted by molar-refractivity contribution is 5.00. The van der Waals surface area contributed by atoms with E-state index in [9.17, 15) is 5.11 Å². The zero-order valence-corrected chi connectivity index (χ0v) is 9.66. The molecule has 0 radical (unpaired) electrons. The Labute approximate surface area is 87.3 Å². The number of hydrogen-bond acceptors (Lipinski definition) is 2.